The Morgan fingerprint density at radius 2 is 1.73 bits per heavy atom. The first-order valence-electron chi connectivity index (χ1n) is 9.55. The maximum atomic E-state index is 12.4. The number of hydrogen-bond acceptors (Lipinski definition) is 1. The van der Waals surface area contributed by atoms with Crippen LogP contribution in [0.15, 0.2) is 12.2 Å². The van der Waals surface area contributed by atoms with Crippen LogP contribution in [0.2, 0.25) is 0 Å². The second-order valence-electron chi connectivity index (χ2n) is 7.16. The smallest absolute Gasteiger partial charge is 0.222 e. The lowest BCUT2D eigenvalue weighted by atomic mass is 10.1. The minimum absolute atomic E-state index is 0.398. The fraction of sp³-hybridized carbons (Fsp3) is 0.850. The van der Waals surface area contributed by atoms with Gasteiger partial charge in [0.1, 0.15) is 0 Å². The van der Waals surface area contributed by atoms with E-state index in [-0.39, 0.29) is 0 Å². The molecule has 0 N–H and O–H groups in total. The number of carbonyl (C=O) groups is 1. The molecule has 0 aromatic heterocycles. The van der Waals surface area contributed by atoms with Gasteiger partial charge in [0, 0.05) is 19.0 Å². The first-order chi connectivity index (χ1) is 10.6. The van der Waals surface area contributed by atoms with Gasteiger partial charge in [-0.2, -0.15) is 0 Å². The molecule has 1 aliphatic rings. The third-order valence-corrected chi connectivity index (χ3v) is 4.93. The van der Waals surface area contributed by atoms with Crippen LogP contribution in [0.1, 0.15) is 91.4 Å². The number of carbonyl (C=O) groups excluding carboxylic acids is 1. The Kier molecular flexibility index (Phi) is 10.3. The van der Waals surface area contributed by atoms with E-state index in [4.69, 9.17) is 0 Å². The van der Waals surface area contributed by atoms with Gasteiger partial charge < -0.3 is 4.90 Å². The second-order valence-corrected chi connectivity index (χ2v) is 7.16. The Morgan fingerprint density at radius 1 is 1.05 bits per heavy atom. The largest absolute Gasteiger partial charge is 0.340 e. The monoisotopic (exact) mass is 307 g/mol. The summed E-state index contributed by atoms with van der Waals surface area (Å²) < 4.78 is 0. The highest BCUT2D eigenvalue weighted by atomic mass is 16.2. The van der Waals surface area contributed by atoms with Crippen LogP contribution in [-0.4, -0.2) is 23.4 Å². The molecular formula is C20H37NO. The van der Waals surface area contributed by atoms with Gasteiger partial charge in [-0.05, 0) is 51.9 Å². The zero-order chi connectivity index (χ0) is 16.2. The van der Waals surface area contributed by atoms with E-state index in [1.807, 2.05) is 0 Å². The molecule has 2 atom stereocenters. The Morgan fingerprint density at radius 3 is 2.45 bits per heavy atom. The van der Waals surface area contributed by atoms with E-state index in [2.05, 4.69) is 37.8 Å². The Hall–Kier alpha value is -0.790. The zero-order valence-corrected chi connectivity index (χ0v) is 15.2. The summed E-state index contributed by atoms with van der Waals surface area (Å²) >= 11 is 0. The predicted molar refractivity (Wildman–Crippen MR) is 95.9 cm³/mol. The van der Waals surface area contributed by atoms with Crippen molar-refractivity contribution >= 4 is 5.91 Å². The number of allylic oxidation sites excluding steroid dienone is 2. The summed E-state index contributed by atoms with van der Waals surface area (Å²) in [6.45, 7) is 7.57. The molecule has 0 aliphatic carbocycles. The molecule has 1 rings (SSSR count). The van der Waals surface area contributed by atoms with Gasteiger partial charge in [0.25, 0.3) is 0 Å². The molecule has 0 aromatic rings. The van der Waals surface area contributed by atoms with Crippen LogP contribution in [0.4, 0.5) is 0 Å². The molecule has 2 unspecified atom stereocenters. The lowest BCUT2D eigenvalue weighted by molar-refractivity contribution is -0.133. The van der Waals surface area contributed by atoms with Crippen molar-refractivity contribution in [3.63, 3.8) is 0 Å². The Balaban J connectivity index is 2.09. The average Bonchev–Trinajstić information content (AvgIpc) is 2.66. The van der Waals surface area contributed by atoms with Gasteiger partial charge in [-0.1, -0.05) is 51.2 Å². The normalized spacial score (nSPS) is 23.0. The highest BCUT2D eigenvalue weighted by Gasteiger charge is 2.24. The highest BCUT2D eigenvalue weighted by Crippen LogP contribution is 2.22. The molecule has 128 valence electrons. The molecule has 0 bridgehead atoms. The van der Waals surface area contributed by atoms with Crippen LogP contribution in [0.5, 0.6) is 0 Å². The number of nitrogens with zero attached hydrogens (tertiary/aromatic N) is 1. The maximum Gasteiger partial charge on any atom is 0.222 e. The number of rotatable bonds is 9. The molecule has 0 saturated carbocycles. The van der Waals surface area contributed by atoms with Crippen LogP contribution >= 0.6 is 0 Å². The summed E-state index contributed by atoms with van der Waals surface area (Å²) in [6.07, 6.45) is 17.7. The Bertz CT molecular complexity index is 324. The lowest BCUT2D eigenvalue weighted by Crippen LogP contribution is -2.39. The van der Waals surface area contributed by atoms with Gasteiger partial charge in [0.2, 0.25) is 5.91 Å². The quantitative estimate of drug-likeness (QED) is 0.394. The summed E-state index contributed by atoms with van der Waals surface area (Å²) in [5, 5.41) is 0. The van der Waals surface area contributed by atoms with Crippen molar-refractivity contribution in [3.8, 4) is 0 Å². The minimum atomic E-state index is 0.398. The van der Waals surface area contributed by atoms with E-state index in [0.717, 1.165) is 19.4 Å². The molecule has 0 radical (unpaired) electrons. The molecule has 0 aromatic carbocycles. The van der Waals surface area contributed by atoms with E-state index in [0.29, 0.717) is 17.9 Å². The van der Waals surface area contributed by atoms with Gasteiger partial charge >= 0.3 is 0 Å². The molecule has 1 aliphatic heterocycles. The first kappa shape index (κ1) is 19.3. The van der Waals surface area contributed by atoms with Crippen molar-refractivity contribution in [1.82, 2.24) is 4.90 Å². The maximum absolute atomic E-state index is 12.4. The fourth-order valence-electron chi connectivity index (χ4n) is 3.43. The van der Waals surface area contributed by atoms with Crippen LogP contribution < -0.4 is 0 Å². The number of likely N-dealkylation sites (tertiary alicyclic amines) is 1. The molecule has 1 heterocycles. The van der Waals surface area contributed by atoms with Crippen molar-refractivity contribution in [2.45, 2.75) is 97.4 Å². The SMILES string of the molecule is CC=CCCCCCCCCC(=O)N1CC(C)CCCC1C. The third-order valence-electron chi connectivity index (χ3n) is 4.93. The van der Waals surface area contributed by atoms with E-state index in [9.17, 15) is 4.79 Å². The van der Waals surface area contributed by atoms with Crippen molar-refractivity contribution in [2.75, 3.05) is 6.54 Å². The highest BCUT2D eigenvalue weighted by molar-refractivity contribution is 5.76. The van der Waals surface area contributed by atoms with Crippen molar-refractivity contribution in [3.05, 3.63) is 12.2 Å². The van der Waals surface area contributed by atoms with Crippen molar-refractivity contribution in [2.24, 2.45) is 5.92 Å². The molecule has 2 heteroatoms. The zero-order valence-electron chi connectivity index (χ0n) is 15.2. The molecule has 2 nitrogen and oxygen atoms in total. The van der Waals surface area contributed by atoms with Crippen LogP contribution in [0.25, 0.3) is 0 Å². The number of amides is 1. The first-order valence-corrected chi connectivity index (χ1v) is 9.55. The van der Waals surface area contributed by atoms with Crippen LogP contribution in [-0.2, 0) is 4.79 Å². The Labute approximate surface area is 138 Å². The van der Waals surface area contributed by atoms with Crippen molar-refractivity contribution in [1.29, 1.82) is 0 Å². The van der Waals surface area contributed by atoms with Crippen LogP contribution in [0, 0.1) is 5.92 Å². The van der Waals surface area contributed by atoms with E-state index in [1.165, 1.54) is 57.8 Å². The molecule has 1 fully saturated rings. The van der Waals surface area contributed by atoms with Gasteiger partial charge in [-0.15, -0.1) is 0 Å². The number of hydrogen-bond donors (Lipinski definition) is 0. The minimum Gasteiger partial charge on any atom is -0.340 e. The molecule has 1 amide bonds. The van der Waals surface area contributed by atoms with Crippen molar-refractivity contribution < 1.29 is 4.79 Å². The van der Waals surface area contributed by atoms with E-state index >= 15 is 0 Å². The van der Waals surface area contributed by atoms with E-state index in [1.54, 1.807) is 0 Å². The van der Waals surface area contributed by atoms with Gasteiger partial charge in [0.15, 0.2) is 0 Å². The summed E-state index contributed by atoms with van der Waals surface area (Å²) in [7, 11) is 0. The van der Waals surface area contributed by atoms with Gasteiger partial charge in [-0.3, -0.25) is 4.79 Å². The summed E-state index contributed by atoms with van der Waals surface area (Å²) in [5.41, 5.74) is 0. The number of unbranched alkanes of at least 4 members (excludes halogenated alkanes) is 6. The van der Waals surface area contributed by atoms with E-state index < -0.39 is 0 Å². The van der Waals surface area contributed by atoms with Gasteiger partial charge in [-0.25, -0.2) is 0 Å². The third kappa shape index (κ3) is 8.00. The fourth-order valence-corrected chi connectivity index (χ4v) is 3.43. The average molecular weight is 308 g/mol. The topological polar surface area (TPSA) is 20.3 Å². The molecule has 22 heavy (non-hydrogen) atoms. The van der Waals surface area contributed by atoms with Gasteiger partial charge in [0.05, 0.1) is 0 Å². The predicted octanol–water partition coefficient (Wildman–Crippen LogP) is 5.72. The summed E-state index contributed by atoms with van der Waals surface area (Å²) in [6, 6.07) is 0.448. The summed E-state index contributed by atoms with van der Waals surface area (Å²) in [5.74, 6) is 1.07. The summed E-state index contributed by atoms with van der Waals surface area (Å²) in [4.78, 5) is 14.6. The second kappa shape index (κ2) is 11.7. The van der Waals surface area contributed by atoms with Crippen LogP contribution in [0.3, 0.4) is 0 Å². The molecular weight excluding hydrogens is 270 g/mol. The molecule has 1 saturated heterocycles. The lowest BCUT2D eigenvalue weighted by Gasteiger charge is -2.28. The standard InChI is InChI=1S/C20H37NO/c1-4-5-6-7-8-9-10-11-12-16-20(22)21-17-18(2)14-13-15-19(21)3/h4-5,18-19H,6-17H2,1-3H3. The molecule has 0 spiro atoms.